The smallest absolute Gasteiger partial charge is 0.146 e. The van der Waals surface area contributed by atoms with Gasteiger partial charge in [-0.05, 0) is 5.92 Å². The van der Waals surface area contributed by atoms with E-state index >= 15 is 0 Å². The van der Waals surface area contributed by atoms with Gasteiger partial charge in [-0.15, -0.1) is 0 Å². The lowest BCUT2D eigenvalue weighted by Gasteiger charge is -2.17. The lowest BCUT2D eigenvalue weighted by Crippen LogP contribution is -2.20. The summed E-state index contributed by atoms with van der Waals surface area (Å²) in [6, 6.07) is 0. The number of hydrogen-bond donors (Lipinski definition) is 1. The van der Waals surface area contributed by atoms with Crippen molar-refractivity contribution in [1.29, 1.82) is 0 Å². The predicted molar refractivity (Wildman–Crippen MR) is 43.2 cm³/mol. The summed E-state index contributed by atoms with van der Waals surface area (Å²) in [7, 11) is 1.59. The van der Waals surface area contributed by atoms with Crippen molar-refractivity contribution in [3.05, 3.63) is 0 Å². The summed E-state index contributed by atoms with van der Waals surface area (Å²) < 4.78 is 9.83. The standard InChI is InChI=1S/C8H18O3/c1-7(2)8(4-9)5-11-6-10-3/h7-9H,4-6H2,1-3H3/t8-/m1/s1. The first-order valence-electron chi connectivity index (χ1n) is 3.90. The number of rotatable bonds is 6. The zero-order chi connectivity index (χ0) is 8.69. The molecular formula is C8H18O3. The Morgan fingerprint density at radius 1 is 1.36 bits per heavy atom. The minimum absolute atomic E-state index is 0.182. The van der Waals surface area contributed by atoms with Gasteiger partial charge >= 0.3 is 0 Å². The van der Waals surface area contributed by atoms with E-state index in [0.717, 1.165) is 0 Å². The van der Waals surface area contributed by atoms with E-state index in [1.165, 1.54) is 0 Å². The van der Waals surface area contributed by atoms with Crippen LogP contribution in [0.2, 0.25) is 0 Å². The Labute approximate surface area is 68.3 Å². The van der Waals surface area contributed by atoms with Crippen molar-refractivity contribution < 1.29 is 14.6 Å². The molecule has 1 atom stereocenters. The van der Waals surface area contributed by atoms with E-state index in [1.54, 1.807) is 7.11 Å². The maximum atomic E-state index is 8.87. The molecule has 0 aliphatic rings. The number of aliphatic hydroxyl groups excluding tert-OH is 1. The second-order valence-electron chi connectivity index (χ2n) is 2.96. The molecule has 0 unspecified atom stereocenters. The predicted octanol–water partition coefficient (Wildman–Crippen LogP) is 0.871. The SMILES string of the molecule is COCOC[C@@H](CO)C(C)C. The van der Waals surface area contributed by atoms with E-state index in [2.05, 4.69) is 13.8 Å². The highest BCUT2D eigenvalue weighted by molar-refractivity contribution is 4.59. The molecule has 3 nitrogen and oxygen atoms in total. The molecule has 3 heteroatoms. The van der Waals surface area contributed by atoms with E-state index < -0.39 is 0 Å². The van der Waals surface area contributed by atoms with E-state index in [0.29, 0.717) is 19.3 Å². The van der Waals surface area contributed by atoms with Crippen LogP contribution in [0.15, 0.2) is 0 Å². The fourth-order valence-corrected chi connectivity index (χ4v) is 0.739. The van der Waals surface area contributed by atoms with Gasteiger partial charge in [-0.25, -0.2) is 0 Å². The van der Waals surface area contributed by atoms with Crippen LogP contribution in [0.1, 0.15) is 13.8 Å². The fourth-order valence-electron chi connectivity index (χ4n) is 0.739. The minimum atomic E-state index is 0.182. The highest BCUT2D eigenvalue weighted by atomic mass is 16.7. The average molecular weight is 162 g/mol. The van der Waals surface area contributed by atoms with Gasteiger partial charge in [0.2, 0.25) is 0 Å². The van der Waals surface area contributed by atoms with Crippen molar-refractivity contribution in [2.45, 2.75) is 13.8 Å². The maximum Gasteiger partial charge on any atom is 0.146 e. The van der Waals surface area contributed by atoms with Crippen molar-refractivity contribution in [3.8, 4) is 0 Å². The molecule has 0 saturated carbocycles. The normalized spacial score (nSPS) is 13.9. The molecule has 1 N–H and O–H groups in total. The maximum absolute atomic E-state index is 8.87. The highest BCUT2D eigenvalue weighted by Gasteiger charge is 2.11. The molecule has 0 aromatic carbocycles. The minimum Gasteiger partial charge on any atom is -0.396 e. The summed E-state index contributed by atoms with van der Waals surface area (Å²) in [4.78, 5) is 0. The Balaban J connectivity index is 3.36. The largest absolute Gasteiger partial charge is 0.396 e. The second-order valence-corrected chi connectivity index (χ2v) is 2.96. The zero-order valence-electron chi connectivity index (χ0n) is 7.54. The molecule has 0 radical (unpaired) electrons. The van der Waals surface area contributed by atoms with Crippen LogP contribution in [-0.4, -0.2) is 32.2 Å². The van der Waals surface area contributed by atoms with E-state index in [4.69, 9.17) is 14.6 Å². The Hall–Kier alpha value is -0.120. The summed E-state index contributed by atoms with van der Waals surface area (Å²) >= 11 is 0. The topological polar surface area (TPSA) is 38.7 Å². The van der Waals surface area contributed by atoms with Gasteiger partial charge < -0.3 is 14.6 Å². The van der Waals surface area contributed by atoms with Crippen LogP contribution in [0.25, 0.3) is 0 Å². The Bertz CT molecular complexity index is 83.4. The van der Waals surface area contributed by atoms with Crippen molar-refractivity contribution in [2.75, 3.05) is 27.1 Å². The Kier molecular flexibility index (Phi) is 6.51. The molecule has 0 rings (SSSR count). The van der Waals surface area contributed by atoms with Gasteiger partial charge in [0, 0.05) is 19.6 Å². The number of methoxy groups -OCH3 is 1. The van der Waals surface area contributed by atoms with Crippen molar-refractivity contribution in [3.63, 3.8) is 0 Å². The van der Waals surface area contributed by atoms with E-state index in [9.17, 15) is 0 Å². The van der Waals surface area contributed by atoms with Gasteiger partial charge in [0.05, 0.1) is 6.61 Å². The summed E-state index contributed by atoms with van der Waals surface area (Å²) in [6.07, 6.45) is 0. The quantitative estimate of drug-likeness (QED) is 0.465. The van der Waals surface area contributed by atoms with Gasteiger partial charge in [-0.2, -0.15) is 0 Å². The van der Waals surface area contributed by atoms with Crippen LogP contribution < -0.4 is 0 Å². The molecule has 0 fully saturated rings. The third kappa shape index (κ3) is 5.18. The molecule has 0 aromatic rings. The summed E-state index contributed by atoms with van der Waals surface area (Å²) in [5, 5.41) is 8.87. The van der Waals surface area contributed by atoms with Crippen molar-refractivity contribution in [2.24, 2.45) is 11.8 Å². The highest BCUT2D eigenvalue weighted by Crippen LogP contribution is 2.09. The lowest BCUT2D eigenvalue weighted by atomic mass is 9.98. The van der Waals surface area contributed by atoms with Crippen LogP contribution in [0.3, 0.4) is 0 Å². The third-order valence-corrected chi connectivity index (χ3v) is 1.71. The molecule has 0 amide bonds. The Morgan fingerprint density at radius 2 is 2.00 bits per heavy atom. The number of hydrogen-bond acceptors (Lipinski definition) is 3. The molecule has 0 heterocycles. The average Bonchev–Trinajstić information content (AvgIpc) is 1.97. The molecule has 11 heavy (non-hydrogen) atoms. The number of aliphatic hydroxyl groups is 1. The van der Waals surface area contributed by atoms with Gasteiger partial charge in [0.1, 0.15) is 6.79 Å². The number of ether oxygens (including phenoxy) is 2. The third-order valence-electron chi connectivity index (χ3n) is 1.71. The second kappa shape index (κ2) is 6.58. The summed E-state index contributed by atoms with van der Waals surface area (Å²) in [5.41, 5.74) is 0. The Morgan fingerprint density at radius 3 is 2.36 bits per heavy atom. The lowest BCUT2D eigenvalue weighted by molar-refractivity contribution is -0.0550. The first-order chi connectivity index (χ1) is 5.22. The molecule has 0 saturated heterocycles. The van der Waals surface area contributed by atoms with E-state index in [1.807, 2.05) is 0 Å². The molecule has 0 bridgehead atoms. The zero-order valence-corrected chi connectivity index (χ0v) is 7.54. The first kappa shape index (κ1) is 10.9. The van der Waals surface area contributed by atoms with Crippen molar-refractivity contribution >= 4 is 0 Å². The summed E-state index contributed by atoms with van der Waals surface area (Å²) in [5.74, 6) is 0.682. The molecule has 0 spiro atoms. The summed E-state index contributed by atoms with van der Waals surface area (Å²) in [6.45, 7) is 5.20. The van der Waals surface area contributed by atoms with Crippen molar-refractivity contribution in [1.82, 2.24) is 0 Å². The molecule has 0 aliphatic carbocycles. The van der Waals surface area contributed by atoms with Crippen LogP contribution in [0.5, 0.6) is 0 Å². The first-order valence-corrected chi connectivity index (χ1v) is 3.90. The van der Waals surface area contributed by atoms with Crippen LogP contribution in [0.4, 0.5) is 0 Å². The monoisotopic (exact) mass is 162 g/mol. The van der Waals surface area contributed by atoms with Crippen LogP contribution >= 0.6 is 0 Å². The van der Waals surface area contributed by atoms with Crippen LogP contribution in [-0.2, 0) is 9.47 Å². The molecular weight excluding hydrogens is 144 g/mol. The van der Waals surface area contributed by atoms with Gasteiger partial charge in [-0.1, -0.05) is 13.8 Å². The van der Waals surface area contributed by atoms with Gasteiger partial charge in [-0.3, -0.25) is 0 Å². The van der Waals surface area contributed by atoms with Crippen LogP contribution in [0, 0.1) is 11.8 Å². The fraction of sp³-hybridized carbons (Fsp3) is 1.00. The molecule has 68 valence electrons. The molecule has 0 aliphatic heterocycles. The van der Waals surface area contributed by atoms with Gasteiger partial charge in [0.15, 0.2) is 0 Å². The molecule has 0 aromatic heterocycles. The van der Waals surface area contributed by atoms with Gasteiger partial charge in [0.25, 0.3) is 0 Å². The van der Waals surface area contributed by atoms with E-state index in [-0.39, 0.29) is 12.5 Å².